The van der Waals surface area contributed by atoms with Gasteiger partial charge in [0.15, 0.2) is 0 Å². The Morgan fingerprint density at radius 1 is 1.39 bits per heavy atom. The van der Waals surface area contributed by atoms with E-state index in [0.29, 0.717) is 6.42 Å². The van der Waals surface area contributed by atoms with Gasteiger partial charge in [0.25, 0.3) is 0 Å². The van der Waals surface area contributed by atoms with Crippen molar-refractivity contribution in [3.8, 4) is 0 Å². The molecule has 0 spiro atoms. The van der Waals surface area contributed by atoms with Gasteiger partial charge in [0.2, 0.25) is 5.91 Å². The number of hydrogen-bond acceptors (Lipinski definition) is 2. The summed E-state index contributed by atoms with van der Waals surface area (Å²) in [6, 6.07) is 6.24. The second kappa shape index (κ2) is 5.91. The molecule has 3 rings (SSSR count). The van der Waals surface area contributed by atoms with Crippen molar-refractivity contribution in [1.82, 2.24) is 14.8 Å². The summed E-state index contributed by atoms with van der Waals surface area (Å²) in [6.07, 6.45) is 5.92. The number of fused-ring (bicyclic) bond motifs is 1. The van der Waals surface area contributed by atoms with Gasteiger partial charge in [-0.15, -0.1) is 0 Å². The van der Waals surface area contributed by atoms with Crippen molar-refractivity contribution in [1.29, 1.82) is 0 Å². The second-order valence-electron chi connectivity index (χ2n) is 6.22. The molecule has 0 saturated heterocycles. The largest absolute Gasteiger partial charge is 0.361 e. The molecular weight excluding hydrogens is 288 g/mol. The van der Waals surface area contributed by atoms with Crippen LogP contribution in [-0.2, 0) is 18.3 Å². The van der Waals surface area contributed by atoms with Gasteiger partial charge in [0, 0.05) is 36.4 Å². The van der Waals surface area contributed by atoms with Gasteiger partial charge in [-0.05, 0) is 31.9 Å². The van der Waals surface area contributed by atoms with Crippen LogP contribution in [0, 0.1) is 6.92 Å². The maximum Gasteiger partial charge on any atom is 0.231 e. The lowest BCUT2D eigenvalue weighted by Crippen LogP contribution is -2.37. The maximum absolute atomic E-state index is 12.9. The van der Waals surface area contributed by atoms with Crippen LogP contribution in [0.3, 0.4) is 0 Å². The number of anilines is 1. The Bertz CT molecular complexity index is 844. The van der Waals surface area contributed by atoms with Gasteiger partial charge in [0.05, 0.1) is 18.3 Å². The molecule has 0 atom stereocenters. The minimum absolute atomic E-state index is 0.0791. The highest BCUT2D eigenvalue weighted by atomic mass is 16.2. The number of hydrogen-bond donors (Lipinski definition) is 1. The minimum Gasteiger partial charge on any atom is -0.361 e. The Labute approximate surface area is 135 Å². The number of para-hydroxylation sites is 1. The van der Waals surface area contributed by atoms with Crippen LogP contribution in [-0.4, -0.2) is 26.7 Å². The van der Waals surface area contributed by atoms with Crippen LogP contribution < -0.4 is 4.90 Å². The number of nitrogens with zero attached hydrogens (tertiary/aromatic N) is 3. The van der Waals surface area contributed by atoms with Crippen molar-refractivity contribution in [3.63, 3.8) is 0 Å². The highest BCUT2D eigenvalue weighted by molar-refractivity contribution is 5.98. The highest BCUT2D eigenvalue weighted by Gasteiger charge is 2.21. The summed E-state index contributed by atoms with van der Waals surface area (Å²) >= 11 is 0. The maximum atomic E-state index is 12.9. The Balaban J connectivity index is 1.91. The molecule has 0 aliphatic rings. The van der Waals surface area contributed by atoms with Crippen LogP contribution in [0.4, 0.5) is 5.69 Å². The topological polar surface area (TPSA) is 53.9 Å². The molecule has 0 saturated carbocycles. The number of benzene rings is 1. The van der Waals surface area contributed by atoms with Crippen molar-refractivity contribution in [3.05, 3.63) is 47.9 Å². The average Bonchev–Trinajstić information content (AvgIpc) is 3.07. The Morgan fingerprint density at radius 2 is 2.17 bits per heavy atom. The standard InChI is InChI=1S/C18H22N4O/c1-12(2)22(15-10-20-21(4)11-15)17(23)8-14-9-19-18-13(3)6-5-7-16(14)18/h5-7,9-12,19H,8H2,1-4H3. The summed E-state index contributed by atoms with van der Waals surface area (Å²) in [7, 11) is 1.86. The molecule has 0 aliphatic heterocycles. The summed E-state index contributed by atoms with van der Waals surface area (Å²) in [6.45, 7) is 6.11. The zero-order valence-electron chi connectivity index (χ0n) is 14.0. The van der Waals surface area contributed by atoms with Gasteiger partial charge in [-0.25, -0.2) is 0 Å². The third-order valence-electron chi connectivity index (χ3n) is 4.11. The van der Waals surface area contributed by atoms with Crippen molar-refractivity contribution in [2.45, 2.75) is 33.2 Å². The van der Waals surface area contributed by atoms with E-state index in [-0.39, 0.29) is 11.9 Å². The second-order valence-corrected chi connectivity index (χ2v) is 6.22. The van der Waals surface area contributed by atoms with Crippen molar-refractivity contribution in [2.75, 3.05) is 4.90 Å². The molecule has 5 heteroatoms. The van der Waals surface area contributed by atoms with E-state index in [1.807, 2.05) is 44.3 Å². The Kier molecular flexibility index (Phi) is 3.94. The molecule has 1 N–H and O–H groups in total. The molecule has 23 heavy (non-hydrogen) atoms. The SMILES string of the molecule is Cc1cccc2c(CC(=O)N(c3cnn(C)c3)C(C)C)c[nH]c12. The first kappa shape index (κ1) is 15.3. The summed E-state index contributed by atoms with van der Waals surface area (Å²) in [4.78, 5) is 18.0. The van der Waals surface area contributed by atoms with Gasteiger partial charge in [-0.1, -0.05) is 18.2 Å². The van der Waals surface area contributed by atoms with Gasteiger partial charge in [0.1, 0.15) is 0 Å². The van der Waals surface area contributed by atoms with Gasteiger partial charge >= 0.3 is 0 Å². The normalized spacial score (nSPS) is 11.3. The summed E-state index contributed by atoms with van der Waals surface area (Å²) in [5.74, 6) is 0.0791. The first-order valence-corrected chi connectivity index (χ1v) is 7.83. The average molecular weight is 310 g/mol. The summed E-state index contributed by atoms with van der Waals surface area (Å²) < 4.78 is 1.72. The Morgan fingerprint density at radius 3 is 2.83 bits per heavy atom. The smallest absolute Gasteiger partial charge is 0.231 e. The van der Waals surface area contributed by atoms with Crippen LogP contribution in [0.2, 0.25) is 0 Å². The van der Waals surface area contributed by atoms with E-state index in [1.54, 1.807) is 10.9 Å². The minimum atomic E-state index is 0.0791. The van der Waals surface area contributed by atoms with Gasteiger partial charge in [-0.2, -0.15) is 5.10 Å². The molecule has 0 radical (unpaired) electrons. The molecule has 120 valence electrons. The fourth-order valence-corrected chi connectivity index (χ4v) is 3.02. The van der Waals surface area contributed by atoms with Gasteiger partial charge in [-0.3, -0.25) is 9.48 Å². The number of carbonyl (C=O) groups excluding carboxylic acids is 1. The molecule has 0 unspecified atom stereocenters. The van der Waals surface area contributed by atoms with Crippen molar-refractivity contribution >= 4 is 22.5 Å². The summed E-state index contributed by atoms with van der Waals surface area (Å²) in [5, 5.41) is 5.30. The lowest BCUT2D eigenvalue weighted by molar-refractivity contribution is -0.118. The number of rotatable bonds is 4. The lowest BCUT2D eigenvalue weighted by atomic mass is 10.1. The van der Waals surface area contributed by atoms with E-state index < -0.39 is 0 Å². The van der Waals surface area contributed by atoms with E-state index in [9.17, 15) is 4.79 Å². The number of carbonyl (C=O) groups is 1. The van der Waals surface area contributed by atoms with Crippen molar-refractivity contribution in [2.24, 2.45) is 7.05 Å². The molecule has 0 bridgehead atoms. The molecule has 0 fully saturated rings. The molecule has 2 aromatic heterocycles. The first-order chi connectivity index (χ1) is 11.0. The van der Waals surface area contributed by atoms with E-state index >= 15 is 0 Å². The predicted octanol–water partition coefficient (Wildman–Crippen LogP) is 3.19. The zero-order valence-corrected chi connectivity index (χ0v) is 14.0. The van der Waals surface area contributed by atoms with E-state index in [0.717, 1.165) is 22.2 Å². The number of aromatic nitrogens is 3. The third kappa shape index (κ3) is 2.86. The monoisotopic (exact) mass is 310 g/mol. The van der Waals surface area contributed by atoms with E-state index in [1.165, 1.54) is 5.56 Å². The number of aromatic amines is 1. The molecular formula is C18H22N4O. The van der Waals surface area contributed by atoms with Crippen LogP contribution in [0.1, 0.15) is 25.0 Å². The number of amides is 1. The third-order valence-corrected chi connectivity index (χ3v) is 4.11. The van der Waals surface area contributed by atoms with Crippen LogP contribution in [0.15, 0.2) is 36.8 Å². The molecule has 1 aromatic carbocycles. The van der Waals surface area contributed by atoms with E-state index in [2.05, 4.69) is 29.1 Å². The number of nitrogens with one attached hydrogen (secondary N) is 1. The van der Waals surface area contributed by atoms with Crippen LogP contribution in [0.25, 0.3) is 10.9 Å². The van der Waals surface area contributed by atoms with Crippen LogP contribution in [0.5, 0.6) is 0 Å². The molecule has 0 aliphatic carbocycles. The number of aryl methyl sites for hydroxylation is 2. The fourth-order valence-electron chi connectivity index (χ4n) is 3.02. The van der Waals surface area contributed by atoms with Crippen molar-refractivity contribution < 1.29 is 4.79 Å². The first-order valence-electron chi connectivity index (χ1n) is 7.83. The van der Waals surface area contributed by atoms with Crippen LogP contribution >= 0.6 is 0 Å². The quantitative estimate of drug-likeness (QED) is 0.804. The highest BCUT2D eigenvalue weighted by Crippen LogP contribution is 2.24. The molecule has 2 heterocycles. The van der Waals surface area contributed by atoms with Gasteiger partial charge < -0.3 is 9.88 Å². The lowest BCUT2D eigenvalue weighted by Gasteiger charge is -2.25. The molecule has 3 aromatic rings. The molecule has 5 nitrogen and oxygen atoms in total. The summed E-state index contributed by atoms with van der Waals surface area (Å²) in [5.41, 5.74) is 4.16. The zero-order chi connectivity index (χ0) is 16.6. The predicted molar refractivity (Wildman–Crippen MR) is 92.6 cm³/mol. The fraction of sp³-hybridized carbons (Fsp3) is 0.333. The Hall–Kier alpha value is -2.56. The van der Waals surface area contributed by atoms with E-state index in [4.69, 9.17) is 0 Å². The number of H-pyrrole nitrogens is 1. The molecule has 1 amide bonds.